The van der Waals surface area contributed by atoms with Gasteiger partial charge in [-0.3, -0.25) is 4.79 Å². The van der Waals surface area contributed by atoms with Crippen LogP contribution in [0.5, 0.6) is 11.5 Å². The van der Waals surface area contributed by atoms with Gasteiger partial charge in [0, 0.05) is 25.5 Å². The summed E-state index contributed by atoms with van der Waals surface area (Å²) in [6.45, 7) is 2.71. The van der Waals surface area contributed by atoms with Gasteiger partial charge in [-0.1, -0.05) is 24.1 Å². The van der Waals surface area contributed by atoms with Crippen LogP contribution in [-0.2, 0) is 4.79 Å². The van der Waals surface area contributed by atoms with Gasteiger partial charge in [-0.2, -0.15) is 0 Å². The molecule has 2 heterocycles. The van der Waals surface area contributed by atoms with E-state index in [9.17, 15) is 9.18 Å². The standard InChI is InChI=1S/C24H20FN3O3/c1-17(29)30-20-6-4-5-18(15-20)9-10-19-11-12-24(27-26-19)28-14-13-21(16-28)31-23-8-3-2-7-22(23)25/h2-8,11-12,15,21H,13-14,16H2,1H3/t21-/m0/s1. The summed E-state index contributed by atoms with van der Waals surface area (Å²) >= 11 is 0. The van der Waals surface area contributed by atoms with Gasteiger partial charge in [0.05, 0.1) is 6.54 Å². The van der Waals surface area contributed by atoms with Crippen LogP contribution < -0.4 is 14.4 Å². The second-order valence-electron chi connectivity index (χ2n) is 7.05. The molecule has 4 rings (SSSR count). The lowest BCUT2D eigenvalue weighted by atomic mass is 10.2. The van der Waals surface area contributed by atoms with Crippen molar-refractivity contribution in [1.82, 2.24) is 10.2 Å². The van der Waals surface area contributed by atoms with E-state index in [1.54, 1.807) is 42.5 Å². The molecule has 3 aromatic rings. The number of hydrogen-bond donors (Lipinski definition) is 0. The van der Waals surface area contributed by atoms with Crippen LogP contribution in [0.1, 0.15) is 24.6 Å². The van der Waals surface area contributed by atoms with Crippen LogP contribution in [0.4, 0.5) is 10.2 Å². The normalized spacial score (nSPS) is 15.2. The third-order valence-electron chi connectivity index (χ3n) is 4.68. The maximum Gasteiger partial charge on any atom is 0.308 e. The van der Waals surface area contributed by atoms with Crippen LogP contribution in [0.15, 0.2) is 60.7 Å². The molecular formula is C24H20FN3O3. The van der Waals surface area contributed by atoms with Gasteiger partial charge in [0.1, 0.15) is 17.5 Å². The molecule has 0 unspecified atom stereocenters. The molecule has 1 aromatic heterocycles. The van der Waals surface area contributed by atoms with Crippen molar-refractivity contribution in [2.24, 2.45) is 0 Å². The third-order valence-corrected chi connectivity index (χ3v) is 4.68. The first-order chi connectivity index (χ1) is 15.1. The van der Waals surface area contributed by atoms with Crippen LogP contribution in [0.3, 0.4) is 0 Å². The minimum Gasteiger partial charge on any atom is -0.485 e. The largest absolute Gasteiger partial charge is 0.485 e. The minimum atomic E-state index is -0.380. The molecule has 0 saturated carbocycles. The van der Waals surface area contributed by atoms with Crippen molar-refractivity contribution >= 4 is 11.8 Å². The van der Waals surface area contributed by atoms with Crippen molar-refractivity contribution in [3.05, 3.63) is 77.7 Å². The highest BCUT2D eigenvalue weighted by molar-refractivity contribution is 5.69. The summed E-state index contributed by atoms with van der Waals surface area (Å²) in [5.41, 5.74) is 1.23. The summed E-state index contributed by atoms with van der Waals surface area (Å²) in [6, 6.07) is 17.0. The van der Waals surface area contributed by atoms with Crippen LogP contribution >= 0.6 is 0 Å². The Morgan fingerprint density at radius 1 is 1.10 bits per heavy atom. The molecule has 0 N–H and O–H groups in total. The average Bonchev–Trinajstić information content (AvgIpc) is 3.23. The predicted molar refractivity (Wildman–Crippen MR) is 113 cm³/mol. The Labute approximate surface area is 179 Å². The fraction of sp³-hybridized carbons (Fsp3) is 0.208. The first-order valence-electron chi connectivity index (χ1n) is 9.87. The molecule has 0 spiro atoms. The molecule has 31 heavy (non-hydrogen) atoms. The number of benzene rings is 2. The lowest BCUT2D eigenvalue weighted by molar-refractivity contribution is -0.131. The van der Waals surface area contributed by atoms with E-state index in [1.807, 2.05) is 12.1 Å². The molecule has 1 aliphatic rings. The zero-order chi connectivity index (χ0) is 21.6. The van der Waals surface area contributed by atoms with Gasteiger partial charge in [-0.25, -0.2) is 4.39 Å². The molecule has 156 valence electrons. The number of rotatable bonds is 4. The van der Waals surface area contributed by atoms with E-state index >= 15 is 0 Å². The van der Waals surface area contributed by atoms with E-state index in [0.717, 1.165) is 18.8 Å². The Bertz CT molecular complexity index is 1140. The first-order valence-corrected chi connectivity index (χ1v) is 9.87. The second kappa shape index (κ2) is 9.26. The lowest BCUT2D eigenvalue weighted by Gasteiger charge is -2.17. The van der Waals surface area contributed by atoms with Crippen molar-refractivity contribution in [2.45, 2.75) is 19.4 Å². The van der Waals surface area contributed by atoms with E-state index in [-0.39, 0.29) is 23.6 Å². The molecule has 6 nitrogen and oxygen atoms in total. The SMILES string of the molecule is CC(=O)Oc1cccc(C#Cc2ccc(N3CC[C@H](Oc4ccccc4F)C3)nn2)c1. The second-order valence-corrected chi connectivity index (χ2v) is 7.05. The summed E-state index contributed by atoms with van der Waals surface area (Å²) < 4.78 is 24.6. The summed E-state index contributed by atoms with van der Waals surface area (Å²) in [5.74, 6) is 6.65. The van der Waals surface area contributed by atoms with Gasteiger partial charge in [0.25, 0.3) is 0 Å². The van der Waals surface area contributed by atoms with Gasteiger partial charge >= 0.3 is 5.97 Å². The fourth-order valence-corrected chi connectivity index (χ4v) is 3.25. The quantitative estimate of drug-likeness (QED) is 0.367. The van der Waals surface area contributed by atoms with E-state index in [1.165, 1.54) is 13.0 Å². The first kappa shape index (κ1) is 20.4. The van der Waals surface area contributed by atoms with Crippen LogP contribution in [0.2, 0.25) is 0 Å². The Morgan fingerprint density at radius 3 is 2.74 bits per heavy atom. The van der Waals surface area contributed by atoms with Crippen molar-refractivity contribution in [2.75, 3.05) is 18.0 Å². The molecule has 7 heteroatoms. The molecule has 1 saturated heterocycles. The summed E-state index contributed by atoms with van der Waals surface area (Å²) in [5, 5.41) is 8.44. The molecule has 1 fully saturated rings. The Balaban J connectivity index is 1.38. The molecule has 1 aliphatic heterocycles. The minimum absolute atomic E-state index is 0.109. The number of halogens is 1. The predicted octanol–water partition coefficient (Wildman–Crippen LogP) is 3.60. The maximum atomic E-state index is 13.8. The smallest absolute Gasteiger partial charge is 0.308 e. The number of carbonyl (C=O) groups excluding carboxylic acids is 1. The monoisotopic (exact) mass is 417 g/mol. The Morgan fingerprint density at radius 2 is 1.97 bits per heavy atom. The molecule has 0 bridgehead atoms. The number of nitrogens with zero attached hydrogens (tertiary/aromatic N) is 3. The number of hydrogen-bond acceptors (Lipinski definition) is 6. The van der Waals surface area contributed by atoms with E-state index in [0.29, 0.717) is 23.6 Å². The Hall–Kier alpha value is -3.92. The Kier molecular flexibility index (Phi) is 6.08. The van der Waals surface area contributed by atoms with Gasteiger partial charge in [-0.15, -0.1) is 10.2 Å². The zero-order valence-electron chi connectivity index (χ0n) is 16.9. The van der Waals surface area contributed by atoms with Crippen molar-refractivity contribution in [3.63, 3.8) is 0 Å². The number of esters is 1. The summed E-state index contributed by atoms with van der Waals surface area (Å²) in [6.07, 6.45) is 0.665. The molecule has 0 aliphatic carbocycles. The maximum absolute atomic E-state index is 13.8. The molecule has 0 radical (unpaired) electrons. The van der Waals surface area contributed by atoms with E-state index in [4.69, 9.17) is 9.47 Å². The number of ether oxygens (including phenoxy) is 2. The molecule has 0 amide bonds. The fourth-order valence-electron chi connectivity index (χ4n) is 3.25. The highest BCUT2D eigenvalue weighted by atomic mass is 19.1. The van der Waals surface area contributed by atoms with Crippen molar-refractivity contribution in [1.29, 1.82) is 0 Å². The molecular weight excluding hydrogens is 397 g/mol. The highest BCUT2D eigenvalue weighted by Crippen LogP contribution is 2.23. The van der Waals surface area contributed by atoms with E-state index < -0.39 is 0 Å². The molecule has 2 aromatic carbocycles. The van der Waals surface area contributed by atoms with Gasteiger partial charge in [0.15, 0.2) is 17.4 Å². The van der Waals surface area contributed by atoms with Crippen molar-refractivity contribution in [3.8, 4) is 23.3 Å². The summed E-state index contributed by atoms with van der Waals surface area (Å²) in [4.78, 5) is 13.1. The van der Waals surface area contributed by atoms with Crippen LogP contribution in [0, 0.1) is 17.7 Å². The van der Waals surface area contributed by atoms with Gasteiger partial charge in [-0.05, 0) is 48.4 Å². The lowest BCUT2D eigenvalue weighted by Crippen LogP contribution is -2.25. The topological polar surface area (TPSA) is 64.5 Å². The number of aromatic nitrogens is 2. The highest BCUT2D eigenvalue weighted by Gasteiger charge is 2.26. The summed E-state index contributed by atoms with van der Waals surface area (Å²) in [7, 11) is 0. The zero-order valence-corrected chi connectivity index (χ0v) is 16.9. The third kappa shape index (κ3) is 5.37. The van der Waals surface area contributed by atoms with Gasteiger partial charge < -0.3 is 14.4 Å². The number of para-hydroxylation sites is 1. The molecule has 1 atom stereocenters. The van der Waals surface area contributed by atoms with Crippen LogP contribution in [0.25, 0.3) is 0 Å². The van der Waals surface area contributed by atoms with E-state index in [2.05, 4.69) is 26.9 Å². The van der Waals surface area contributed by atoms with Crippen molar-refractivity contribution < 1.29 is 18.7 Å². The van der Waals surface area contributed by atoms with Gasteiger partial charge in [0.2, 0.25) is 0 Å². The number of carbonyl (C=O) groups is 1. The van der Waals surface area contributed by atoms with Crippen LogP contribution in [-0.4, -0.2) is 35.4 Å². The number of anilines is 1. The average molecular weight is 417 g/mol.